The van der Waals surface area contributed by atoms with Crippen LogP contribution >= 0.6 is 0 Å². The minimum atomic E-state index is 0.736. The van der Waals surface area contributed by atoms with E-state index < -0.39 is 0 Å². The molecule has 1 saturated carbocycles. The number of nitrogens with two attached hydrogens (primary N) is 1. The molecule has 0 aromatic rings. The molecular weight excluding hydrogens is 210 g/mol. The first-order valence-electron chi connectivity index (χ1n) is 7.46. The van der Waals surface area contributed by atoms with Crippen LogP contribution in [-0.2, 0) is 0 Å². The van der Waals surface area contributed by atoms with Crippen molar-refractivity contribution in [3.8, 4) is 0 Å². The van der Waals surface area contributed by atoms with Gasteiger partial charge in [0.1, 0.15) is 0 Å². The van der Waals surface area contributed by atoms with Crippen LogP contribution in [0.1, 0.15) is 32.6 Å². The van der Waals surface area contributed by atoms with E-state index in [1.807, 2.05) is 0 Å². The van der Waals surface area contributed by atoms with E-state index in [2.05, 4.69) is 16.7 Å². The van der Waals surface area contributed by atoms with Gasteiger partial charge in [-0.05, 0) is 44.2 Å². The summed E-state index contributed by atoms with van der Waals surface area (Å²) in [5, 5.41) is 0. The van der Waals surface area contributed by atoms with Crippen molar-refractivity contribution >= 4 is 0 Å². The highest BCUT2D eigenvalue weighted by Gasteiger charge is 2.26. The average molecular weight is 239 g/mol. The first-order chi connectivity index (χ1) is 8.31. The monoisotopic (exact) mass is 239 g/mol. The number of hydrogen-bond donors (Lipinski definition) is 1. The van der Waals surface area contributed by atoms with Crippen molar-refractivity contribution in [2.75, 3.05) is 45.8 Å². The maximum atomic E-state index is 5.76. The van der Waals surface area contributed by atoms with E-state index in [1.165, 1.54) is 65.0 Å². The molecule has 0 aromatic heterocycles. The highest BCUT2D eigenvalue weighted by atomic mass is 15.3. The summed E-state index contributed by atoms with van der Waals surface area (Å²) >= 11 is 0. The molecule has 3 heteroatoms. The molecular formula is C14H29N3. The van der Waals surface area contributed by atoms with Crippen LogP contribution in [0.4, 0.5) is 0 Å². The van der Waals surface area contributed by atoms with E-state index in [0.717, 1.165) is 18.4 Å². The normalized spacial score (nSPS) is 25.1. The van der Waals surface area contributed by atoms with E-state index in [-0.39, 0.29) is 0 Å². The number of hydrogen-bond acceptors (Lipinski definition) is 3. The Hall–Kier alpha value is -0.120. The van der Waals surface area contributed by atoms with Gasteiger partial charge in [0.15, 0.2) is 0 Å². The molecule has 0 radical (unpaired) electrons. The average Bonchev–Trinajstić information content (AvgIpc) is 3.16. The van der Waals surface area contributed by atoms with E-state index in [9.17, 15) is 0 Å². The highest BCUT2D eigenvalue weighted by Crippen LogP contribution is 2.29. The molecule has 1 heterocycles. The Bertz CT molecular complexity index is 204. The molecule has 3 nitrogen and oxygen atoms in total. The minimum Gasteiger partial charge on any atom is -0.330 e. The third-order valence-corrected chi connectivity index (χ3v) is 4.44. The first kappa shape index (κ1) is 13.3. The van der Waals surface area contributed by atoms with Crippen molar-refractivity contribution in [2.45, 2.75) is 32.6 Å². The Labute approximate surface area is 106 Å². The third-order valence-electron chi connectivity index (χ3n) is 4.44. The van der Waals surface area contributed by atoms with Crippen molar-refractivity contribution in [3.05, 3.63) is 0 Å². The Morgan fingerprint density at radius 3 is 2.29 bits per heavy atom. The minimum absolute atomic E-state index is 0.736. The first-order valence-corrected chi connectivity index (χ1v) is 7.46. The number of piperazine rings is 1. The van der Waals surface area contributed by atoms with Crippen molar-refractivity contribution in [2.24, 2.45) is 17.6 Å². The predicted octanol–water partition coefficient (Wildman–Crippen LogP) is 1.39. The molecule has 1 unspecified atom stereocenters. The van der Waals surface area contributed by atoms with Crippen molar-refractivity contribution < 1.29 is 0 Å². The van der Waals surface area contributed by atoms with Gasteiger partial charge in [-0.25, -0.2) is 0 Å². The van der Waals surface area contributed by atoms with Crippen molar-refractivity contribution in [3.63, 3.8) is 0 Å². The van der Waals surface area contributed by atoms with Gasteiger partial charge >= 0.3 is 0 Å². The molecule has 1 saturated heterocycles. The lowest BCUT2D eigenvalue weighted by Crippen LogP contribution is -2.47. The van der Waals surface area contributed by atoms with Gasteiger partial charge in [0.05, 0.1) is 0 Å². The van der Waals surface area contributed by atoms with Gasteiger partial charge in [-0.3, -0.25) is 0 Å². The Morgan fingerprint density at radius 2 is 1.76 bits per heavy atom. The fraction of sp³-hybridized carbons (Fsp3) is 1.00. The summed E-state index contributed by atoms with van der Waals surface area (Å²) in [6.07, 6.45) is 5.48. The highest BCUT2D eigenvalue weighted by molar-refractivity contribution is 4.80. The molecule has 2 fully saturated rings. The fourth-order valence-corrected chi connectivity index (χ4v) is 2.71. The van der Waals surface area contributed by atoms with Crippen LogP contribution < -0.4 is 5.73 Å². The molecule has 0 amide bonds. The molecule has 2 aliphatic rings. The number of rotatable bonds is 7. The molecule has 0 spiro atoms. The molecule has 1 atom stereocenters. The van der Waals surface area contributed by atoms with Crippen molar-refractivity contribution in [1.82, 2.24) is 9.80 Å². The maximum Gasteiger partial charge on any atom is 0.0110 e. The lowest BCUT2D eigenvalue weighted by atomic mass is 10.0. The third kappa shape index (κ3) is 4.57. The Morgan fingerprint density at radius 1 is 1.12 bits per heavy atom. The summed E-state index contributed by atoms with van der Waals surface area (Å²) in [5.41, 5.74) is 5.76. The van der Waals surface area contributed by atoms with Crippen LogP contribution in [-0.4, -0.2) is 55.6 Å². The lowest BCUT2D eigenvalue weighted by Gasteiger charge is -2.35. The van der Waals surface area contributed by atoms with E-state index in [4.69, 9.17) is 5.73 Å². The molecule has 0 bridgehead atoms. The summed E-state index contributed by atoms with van der Waals surface area (Å²) in [4.78, 5) is 5.29. The fourth-order valence-electron chi connectivity index (χ4n) is 2.71. The second-order valence-electron chi connectivity index (χ2n) is 5.88. The standard InChI is InChI=1S/C14H29N3/c1-2-13(11-15)5-6-16-7-9-17(10-8-16)12-14-3-4-14/h13-14H,2-12,15H2,1H3. The lowest BCUT2D eigenvalue weighted by molar-refractivity contribution is 0.123. The van der Waals surface area contributed by atoms with Gasteiger partial charge in [0.25, 0.3) is 0 Å². The maximum absolute atomic E-state index is 5.76. The van der Waals surface area contributed by atoms with Crippen LogP contribution in [0.5, 0.6) is 0 Å². The second-order valence-corrected chi connectivity index (χ2v) is 5.88. The van der Waals surface area contributed by atoms with Gasteiger partial charge in [-0.2, -0.15) is 0 Å². The summed E-state index contributed by atoms with van der Waals surface area (Å²) in [6, 6.07) is 0. The molecule has 2 N–H and O–H groups in total. The van der Waals surface area contributed by atoms with E-state index >= 15 is 0 Å². The molecule has 100 valence electrons. The van der Waals surface area contributed by atoms with Gasteiger partial charge in [0.2, 0.25) is 0 Å². The zero-order chi connectivity index (χ0) is 12.1. The summed E-state index contributed by atoms with van der Waals surface area (Å²) in [7, 11) is 0. The van der Waals surface area contributed by atoms with Crippen LogP contribution in [0.2, 0.25) is 0 Å². The van der Waals surface area contributed by atoms with Gasteiger partial charge in [0, 0.05) is 32.7 Å². The van der Waals surface area contributed by atoms with E-state index in [1.54, 1.807) is 0 Å². The summed E-state index contributed by atoms with van der Waals surface area (Å²) in [5.74, 6) is 1.78. The zero-order valence-electron chi connectivity index (χ0n) is 11.4. The topological polar surface area (TPSA) is 32.5 Å². The summed E-state index contributed by atoms with van der Waals surface area (Å²) in [6.45, 7) is 10.9. The largest absolute Gasteiger partial charge is 0.330 e. The Kier molecular flexibility index (Phi) is 5.26. The van der Waals surface area contributed by atoms with Crippen LogP contribution in [0.25, 0.3) is 0 Å². The van der Waals surface area contributed by atoms with Crippen molar-refractivity contribution in [1.29, 1.82) is 0 Å². The molecule has 1 aliphatic heterocycles. The smallest absolute Gasteiger partial charge is 0.0110 e. The second kappa shape index (κ2) is 6.72. The Balaban J connectivity index is 1.57. The molecule has 1 aliphatic carbocycles. The SMILES string of the molecule is CCC(CN)CCN1CCN(CC2CC2)CC1. The molecule has 2 rings (SSSR count). The van der Waals surface area contributed by atoms with Gasteiger partial charge in [-0.15, -0.1) is 0 Å². The van der Waals surface area contributed by atoms with Gasteiger partial charge in [-0.1, -0.05) is 13.3 Å². The van der Waals surface area contributed by atoms with E-state index in [0.29, 0.717) is 0 Å². The number of nitrogens with zero attached hydrogens (tertiary/aromatic N) is 2. The zero-order valence-corrected chi connectivity index (χ0v) is 11.4. The van der Waals surface area contributed by atoms with Gasteiger partial charge < -0.3 is 15.5 Å². The van der Waals surface area contributed by atoms with Crippen LogP contribution in [0.3, 0.4) is 0 Å². The predicted molar refractivity (Wildman–Crippen MR) is 73.1 cm³/mol. The molecule has 0 aromatic carbocycles. The summed E-state index contributed by atoms with van der Waals surface area (Å²) < 4.78 is 0. The molecule has 17 heavy (non-hydrogen) atoms. The van der Waals surface area contributed by atoms with Crippen LogP contribution in [0.15, 0.2) is 0 Å². The van der Waals surface area contributed by atoms with Crippen LogP contribution in [0, 0.1) is 11.8 Å². The quantitative estimate of drug-likeness (QED) is 0.729.